The van der Waals surface area contributed by atoms with Crippen molar-refractivity contribution in [1.82, 2.24) is 10.3 Å². The van der Waals surface area contributed by atoms with Gasteiger partial charge >= 0.3 is 5.97 Å². The highest BCUT2D eigenvalue weighted by Gasteiger charge is 2.25. The Labute approximate surface area is 175 Å². The second-order valence-electron chi connectivity index (χ2n) is 6.94. The first-order valence-corrected chi connectivity index (χ1v) is 11.1. The number of fused-ring (bicyclic) bond motifs is 1. The first kappa shape index (κ1) is 20.7. The lowest BCUT2D eigenvalue weighted by molar-refractivity contribution is 0.0526. The molecule has 0 saturated carbocycles. The van der Waals surface area contributed by atoms with Gasteiger partial charge in [0.05, 0.1) is 18.2 Å². The minimum atomic E-state index is -0.256. The number of aromatic nitrogens is 1. The zero-order valence-corrected chi connectivity index (χ0v) is 18.0. The van der Waals surface area contributed by atoms with Crippen molar-refractivity contribution in [2.75, 3.05) is 11.9 Å². The van der Waals surface area contributed by atoms with Gasteiger partial charge in [0.25, 0.3) is 0 Å². The van der Waals surface area contributed by atoms with Gasteiger partial charge in [-0.3, -0.25) is 4.98 Å². The van der Waals surface area contributed by atoms with Crippen molar-refractivity contribution in [3.05, 3.63) is 46.1 Å². The molecule has 0 aliphatic heterocycles. The molecule has 150 valence electrons. The van der Waals surface area contributed by atoms with Gasteiger partial charge in [0.1, 0.15) is 5.00 Å². The van der Waals surface area contributed by atoms with Gasteiger partial charge in [-0.1, -0.05) is 12.8 Å². The van der Waals surface area contributed by atoms with Crippen molar-refractivity contribution in [2.45, 2.75) is 58.4 Å². The Kier molecular flexibility index (Phi) is 7.39. The van der Waals surface area contributed by atoms with E-state index in [4.69, 9.17) is 17.0 Å². The molecule has 7 heteroatoms. The fourth-order valence-electron chi connectivity index (χ4n) is 3.50. The molecule has 0 bridgehead atoms. The van der Waals surface area contributed by atoms with Crippen LogP contribution in [0, 0.1) is 0 Å². The maximum Gasteiger partial charge on any atom is 0.341 e. The summed E-state index contributed by atoms with van der Waals surface area (Å²) in [6.07, 6.45) is 10.2. The average molecular weight is 418 g/mol. The molecule has 1 aliphatic carbocycles. The number of hydrogen-bond donors (Lipinski definition) is 2. The number of carbonyl (C=O) groups excluding carboxylic acids is 1. The highest BCUT2D eigenvalue weighted by molar-refractivity contribution is 7.80. The van der Waals surface area contributed by atoms with Gasteiger partial charge in [-0.15, -0.1) is 11.3 Å². The number of nitrogens with one attached hydrogen (secondary N) is 2. The molecule has 2 N–H and O–H groups in total. The van der Waals surface area contributed by atoms with Crippen molar-refractivity contribution >= 4 is 39.6 Å². The fraction of sp³-hybridized carbons (Fsp3) is 0.476. The number of ether oxygens (including phenoxy) is 1. The van der Waals surface area contributed by atoms with Crippen molar-refractivity contribution < 1.29 is 9.53 Å². The summed E-state index contributed by atoms with van der Waals surface area (Å²) in [7, 11) is 0. The van der Waals surface area contributed by atoms with Crippen LogP contribution in [-0.2, 0) is 17.6 Å². The third-order valence-corrected chi connectivity index (χ3v) is 6.36. The molecule has 3 rings (SSSR count). The number of carbonyl (C=O) groups is 1. The number of thiophene rings is 1. The minimum Gasteiger partial charge on any atom is -0.462 e. The zero-order chi connectivity index (χ0) is 19.9. The molecule has 0 aromatic carbocycles. The summed E-state index contributed by atoms with van der Waals surface area (Å²) in [6, 6.07) is 3.96. The number of esters is 1. The highest BCUT2D eigenvalue weighted by Crippen LogP contribution is 2.37. The molecule has 1 aliphatic rings. The fourth-order valence-corrected chi connectivity index (χ4v) is 5.12. The van der Waals surface area contributed by atoms with Crippen LogP contribution in [0.5, 0.6) is 0 Å². The summed E-state index contributed by atoms with van der Waals surface area (Å²) < 4.78 is 5.35. The lowest BCUT2D eigenvalue weighted by Gasteiger charge is -2.17. The van der Waals surface area contributed by atoms with Gasteiger partial charge in [0, 0.05) is 17.3 Å². The van der Waals surface area contributed by atoms with E-state index in [2.05, 4.69) is 15.6 Å². The number of thiocarbonyl (C=S) groups is 1. The van der Waals surface area contributed by atoms with Gasteiger partial charge in [0.15, 0.2) is 5.11 Å². The monoisotopic (exact) mass is 417 g/mol. The molecule has 0 fully saturated rings. The number of hydrogen-bond acceptors (Lipinski definition) is 5. The van der Waals surface area contributed by atoms with Gasteiger partial charge in [-0.2, -0.15) is 0 Å². The smallest absolute Gasteiger partial charge is 0.341 e. The molecule has 2 aromatic rings. The van der Waals surface area contributed by atoms with Gasteiger partial charge in [0.2, 0.25) is 0 Å². The van der Waals surface area contributed by atoms with Crippen LogP contribution in [0.3, 0.4) is 0 Å². The number of rotatable bonds is 5. The van der Waals surface area contributed by atoms with Crippen molar-refractivity contribution in [3.8, 4) is 0 Å². The summed E-state index contributed by atoms with van der Waals surface area (Å²) in [5.41, 5.74) is 2.92. The van der Waals surface area contributed by atoms with Crippen LogP contribution in [0.2, 0.25) is 0 Å². The standard InChI is InChI=1S/C21H27N3O2S2/c1-3-26-20(25)18-16-8-6-4-5-7-9-17(16)28-19(18)24-21(27)23-14(2)15-10-12-22-13-11-15/h10-14H,3-9H2,1-2H3,(H2,23,24,27)/t14-/m0/s1. The summed E-state index contributed by atoms with van der Waals surface area (Å²) >= 11 is 7.17. The first-order valence-electron chi connectivity index (χ1n) is 9.89. The van der Waals surface area contributed by atoms with Crippen LogP contribution in [-0.4, -0.2) is 22.7 Å². The minimum absolute atomic E-state index is 0.0371. The molecule has 0 unspecified atom stereocenters. The molecule has 0 saturated heterocycles. The predicted molar refractivity (Wildman–Crippen MR) is 118 cm³/mol. The summed E-state index contributed by atoms with van der Waals surface area (Å²) in [4.78, 5) is 18.0. The van der Waals surface area contributed by atoms with Crippen molar-refractivity contribution in [2.24, 2.45) is 0 Å². The lowest BCUT2D eigenvalue weighted by Crippen LogP contribution is -2.31. The summed E-state index contributed by atoms with van der Waals surface area (Å²) in [5.74, 6) is -0.256. The van der Waals surface area contributed by atoms with E-state index in [-0.39, 0.29) is 12.0 Å². The molecular formula is C21H27N3O2S2. The van der Waals surface area contributed by atoms with Crippen molar-refractivity contribution in [1.29, 1.82) is 0 Å². The zero-order valence-electron chi connectivity index (χ0n) is 16.4. The molecule has 28 heavy (non-hydrogen) atoms. The Hall–Kier alpha value is -1.99. The van der Waals surface area contributed by atoms with E-state index >= 15 is 0 Å². The summed E-state index contributed by atoms with van der Waals surface area (Å²) in [6.45, 7) is 4.25. The number of anilines is 1. The summed E-state index contributed by atoms with van der Waals surface area (Å²) in [5, 5.41) is 7.87. The average Bonchev–Trinajstić information content (AvgIpc) is 2.98. The molecule has 2 heterocycles. The Balaban J connectivity index is 1.80. The van der Waals surface area contributed by atoms with E-state index in [0.29, 0.717) is 17.3 Å². The lowest BCUT2D eigenvalue weighted by atomic mass is 9.96. The largest absolute Gasteiger partial charge is 0.462 e. The maximum atomic E-state index is 12.7. The third kappa shape index (κ3) is 5.08. The molecular weight excluding hydrogens is 390 g/mol. The van der Waals surface area contributed by atoms with Crippen LogP contribution in [0.15, 0.2) is 24.5 Å². The normalized spacial score (nSPS) is 14.9. The number of aryl methyl sites for hydroxylation is 1. The Morgan fingerprint density at radius 2 is 1.96 bits per heavy atom. The molecule has 0 radical (unpaired) electrons. The van der Waals surface area contributed by atoms with E-state index in [9.17, 15) is 4.79 Å². The molecule has 0 amide bonds. The van der Waals surface area contributed by atoms with Crippen LogP contribution in [0.25, 0.3) is 0 Å². The van der Waals surface area contributed by atoms with Crippen LogP contribution >= 0.6 is 23.6 Å². The van der Waals surface area contributed by atoms with Gasteiger partial charge in [-0.05, 0) is 75.0 Å². The quantitative estimate of drug-likeness (QED) is 0.526. The SMILES string of the molecule is CCOC(=O)c1c(NC(=S)N[C@@H](C)c2ccncc2)sc2c1CCCCCC2. The van der Waals surface area contributed by atoms with Crippen LogP contribution in [0.4, 0.5) is 5.00 Å². The number of pyridine rings is 1. The molecule has 2 aromatic heterocycles. The van der Waals surface area contributed by atoms with E-state index in [1.54, 1.807) is 23.7 Å². The van der Waals surface area contributed by atoms with Crippen LogP contribution < -0.4 is 10.6 Å². The predicted octanol–water partition coefficient (Wildman–Crippen LogP) is 5.03. The third-order valence-electron chi connectivity index (χ3n) is 4.93. The van der Waals surface area contributed by atoms with Gasteiger partial charge < -0.3 is 15.4 Å². The molecule has 5 nitrogen and oxygen atoms in total. The molecule has 0 spiro atoms. The van der Waals surface area contributed by atoms with E-state index in [0.717, 1.165) is 41.8 Å². The maximum absolute atomic E-state index is 12.7. The van der Waals surface area contributed by atoms with Crippen LogP contribution in [0.1, 0.15) is 71.9 Å². The Morgan fingerprint density at radius 3 is 2.68 bits per heavy atom. The van der Waals surface area contributed by atoms with Gasteiger partial charge in [-0.25, -0.2) is 4.79 Å². The first-order chi connectivity index (χ1) is 13.6. The highest BCUT2D eigenvalue weighted by atomic mass is 32.1. The topological polar surface area (TPSA) is 63.2 Å². The van der Waals surface area contributed by atoms with Crippen molar-refractivity contribution in [3.63, 3.8) is 0 Å². The van der Waals surface area contributed by atoms with E-state index < -0.39 is 0 Å². The Bertz CT molecular complexity index is 821. The second-order valence-corrected chi connectivity index (χ2v) is 8.46. The van der Waals surface area contributed by atoms with E-state index in [1.165, 1.54) is 17.7 Å². The molecule has 1 atom stereocenters. The second kappa shape index (κ2) is 9.98. The van der Waals surface area contributed by atoms with E-state index in [1.807, 2.05) is 26.0 Å². The number of nitrogens with zero attached hydrogens (tertiary/aromatic N) is 1. The Morgan fingerprint density at radius 1 is 1.25 bits per heavy atom.